The Kier molecular flexibility index (Phi) is 3.07. The predicted octanol–water partition coefficient (Wildman–Crippen LogP) is 2.04. The summed E-state index contributed by atoms with van der Waals surface area (Å²) >= 11 is 0. The van der Waals surface area contributed by atoms with Gasteiger partial charge in [-0.3, -0.25) is 0 Å². The summed E-state index contributed by atoms with van der Waals surface area (Å²) in [7, 11) is 0. The van der Waals surface area contributed by atoms with Crippen molar-refractivity contribution in [2.24, 2.45) is 0 Å². The van der Waals surface area contributed by atoms with Crippen molar-refractivity contribution in [2.45, 2.75) is 32.2 Å². The molecule has 0 unspecified atom stereocenters. The van der Waals surface area contributed by atoms with Gasteiger partial charge in [-0.1, -0.05) is 6.92 Å². The molecule has 7 heteroatoms. The van der Waals surface area contributed by atoms with E-state index in [0.717, 1.165) is 10.9 Å². The first-order chi connectivity index (χ1) is 6.50. The quantitative estimate of drug-likeness (QED) is 0.713. The van der Waals surface area contributed by atoms with E-state index in [1.807, 2.05) is 0 Å². The van der Waals surface area contributed by atoms with Gasteiger partial charge in [-0.2, -0.15) is 8.78 Å². The van der Waals surface area contributed by atoms with Crippen molar-refractivity contribution in [1.82, 2.24) is 14.8 Å². The maximum absolute atomic E-state index is 12.8. The molecule has 0 bridgehead atoms. The highest BCUT2D eigenvalue weighted by Gasteiger charge is 2.47. The van der Waals surface area contributed by atoms with Crippen LogP contribution in [0.2, 0.25) is 0 Å². The van der Waals surface area contributed by atoms with Crippen LogP contribution in [0.5, 0.6) is 0 Å². The number of hydrogen-bond acceptors (Lipinski definition) is 2. The second-order valence-electron chi connectivity index (χ2n) is 2.77. The third kappa shape index (κ3) is 1.85. The highest BCUT2D eigenvalue weighted by molar-refractivity contribution is 4.98. The Morgan fingerprint density at radius 2 is 2.14 bits per heavy atom. The van der Waals surface area contributed by atoms with E-state index in [-0.39, 0.29) is 6.54 Å². The van der Waals surface area contributed by atoms with Gasteiger partial charge in [0.05, 0.1) is 0 Å². The van der Waals surface area contributed by atoms with Crippen molar-refractivity contribution >= 4 is 0 Å². The molecule has 3 nitrogen and oxygen atoms in total. The van der Waals surface area contributed by atoms with Gasteiger partial charge in [0.25, 0.3) is 0 Å². The highest BCUT2D eigenvalue weighted by Crippen LogP contribution is 2.32. The molecule has 0 saturated heterocycles. The molecular weight excluding hydrogens is 202 g/mol. The lowest BCUT2D eigenvalue weighted by molar-refractivity contribution is -0.143. The van der Waals surface area contributed by atoms with Crippen molar-refractivity contribution in [3.63, 3.8) is 0 Å². The van der Waals surface area contributed by atoms with Crippen molar-refractivity contribution in [3.8, 4) is 0 Å². The van der Waals surface area contributed by atoms with Crippen molar-refractivity contribution in [3.05, 3.63) is 12.2 Å². The van der Waals surface area contributed by atoms with Crippen LogP contribution in [0, 0.1) is 0 Å². The Balaban J connectivity index is 2.99. The fraction of sp³-hybridized carbons (Fsp3) is 0.714. The van der Waals surface area contributed by atoms with Crippen LogP contribution < -0.4 is 0 Å². The summed E-state index contributed by atoms with van der Waals surface area (Å²) in [5.74, 6) is -5.21. The predicted molar refractivity (Wildman–Crippen MR) is 40.2 cm³/mol. The average molecular weight is 211 g/mol. The van der Waals surface area contributed by atoms with Gasteiger partial charge in [-0.15, -0.1) is 10.2 Å². The van der Waals surface area contributed by atoms with Gasteiger partial charge in [0.2, 0.25) is 5.82 Å². The first-order valence-electron chi connectivity index (χ1n) is 4.04. The number of nitrogens with zero attached hydrogens (tertiary/aromatic N) is 3. The number of aromatic nitrogens is 3. The molecule has 0 aliphatic rings. The Morgan fingerprint density at radius 1 is 1.50 bits per heavy atom. The minimum Gasteiger partial charge on any atom is -0.312 e. The summed E-state index contributed by atoms with van der Waals surface area (Å²) in [6.07, 6.45) is -2.19. The summed E-state index contributed by atoms with van der Waals surface area (Å²) in [5, 5.41) is 6.20. The van der Waals surface area contributed by atoms with E-state index < -0.39 is 18.2 Å². The second kappa shape index (κ2) is 3.93. The molecule has 0 saturated carbocycles. The molecular formula is C7H9F4N3. The van der Waals surface area contributed by atoms with Crippen LogP contribution >= 0.6 is 0 Å². The van der Waals surface area contributed by atoms with E-state index in [9.17, 15) is 17.6 Å². The fourth-order valence-corrected chi connectivity index (χ4v) is 1.02. The van der Waals surface area contributed by atoms with E-state index in [4.69, 9.17) is 0 Å². The lowest BCUT2D eigenvalue weighted by atomic mass is 10.3. The van der Waals surface area contributed by atoms with Gasteiger partial charge in [-0.25, -0.2) is 8.78 Å². The first-order valence-corrected chi connectivity index (χ1v) is 4.04. The molecule has 0 fully saturated rings. The van der Waals surface area contributed by atoms with Crippen LogP contribution in [0.3, 0.4) is 0 Å². The Bertz CT molecular complexity index is 297. The monoisotopic (exact) mass is 211 g/mol. The molecule has 0 aromatic carbocycles. The van der Waals surface area contributed by atoms with E-state index in [1.165, 1.54) is 0 Å². The summed E-state index contributed by atoms with van der Waals surface area (Å²) < 4.78 is 50.5. The molecule has 80 valence electrons. The minimum absolute atomic E-state index is 0.199. The summed E-state index contributed by atoms with van der Waals surface area (Å²) in [4.78, 5) is 0. The summed E-state index contributed by atoms with van der Waals surface area (Å²) in [5.41, 5.74) is 0. The van der Waals surface area contributed by atoms with Crippen LogP contribution in [0.4, 0.5) is 17.6 Å². The molecule has 0 atom stereocenters. The van der Waals surface area contributed by atoms with Gasteiger partial charge in [0.15, 0.2) is 0 Å². The smallest absolute Gasteiger partial charge is 0.312 e. The number of rotatable bonds is 4. The van der Waals surface area contributed by atoms with Gasteiger partial charge < -0.3 is 4.57 Å². The van der Waals surface area contributed by atoms with E-state index in [0.29, 0.717) is 6.42 Å². The lowest BCUT2D eigenvalue weighted by Crippen LogP contribution is -2.28. The normalized spacial score (nSPS) is 12.4. The lowest BCUT2D eigenvalue weighted by Gasteiger charge is -2.14. The first kappa shape index (κ1) is 10.9. The molecule has 0 aliphatic carbocycles. The van der Waals surface area contributed by atoms with E-state index >= 15 is 0 Å². The van der Waals surface area contributed by atoms with Crippen molar-refractivity contribution in [2.75, 3.05) is 0 Å². The largest absolute Gasteiger partial charge is 0.365 e. The SMILES string of the molecule is CCCn1cnnc1C(F)(F)C(F)F. The van der Waals surface area contributed by atoms with Crippen LogP contribution in [0.15, 0.2) is 6.33 Å². The molecule has 1 rings (SSSR count). The number of aryl methyl sites for hydroxylation is 1. The van der Waals surface area contributed by atoms with Gasteiger partial charge in [-0.05, 0) is 6.42 Å². The third-order valence-corrected chi connectivity index (χ3v) is 1.65. The minimum atomic E-state index is -4.23. The van der Waals surface area contributed by atoms with Gasteiger partial charge in [0.1, 0.15) is 6.33 Å². The highest BCUT2D eigenvalue weighted by atomic mass is 19.3. The molecule has 1 aromatic heterocycles. The molecule has 0 radical (unpaired) electrons. The number of alkyl halides is 4. The van der Waals surface area contributed by atoms with Crippen molar-refractivity contribution < 1.29 is 17.6 Å². The molecule has 0 amide bonds. The van der Waals surface area contributed by atoms with Gasteiger partial charge >= 0.3 is 12.3 Å². The zero-order valence-electron chi connectivity index (χ0n) is 7.42. The molecule has 1 aromatic rings. The van der Waals surface area contributed by atoms with E-state index in [1.54, 1.807) is 6.92 Å². The maximum Gasteiger partial charge on any atom is 0.365 e. The fourth-order valence-electron chi connectivity index (χ4n) is 1.02. The Hall–Kier alpha value is -1.14. The molecule has 1 heterocycles. The Morgan fingerprint density at radius 3 is 2.64 bits per heavy atom. The topological polar surface area (TPSA) is 30.7 Å². The molecule has 0 N–H and O–H groups in total. The Labute approximate surface area is 77.7 Å². The third-order valence-electron chi connectivity index (χ3n) is 1.65. The standard InChI is InChI=1S/C7H9F4N3/c1-2-3-14-4-12-13-6(14)7(10,11)5(8)9/h4-5H,2-3H2,1H3. The zero-order valence-corrected chi connectivity index (χ0v) is 7.42. The summed E-state index contributed by atoms with van der Waals surface area (Å²) in [6.45, 7) is 1.94. The second-order valence-corrected chi connectivity index (χ2v) is 2.77. The number of hydrogen-bond donors (Lipinski definition) is 0. The van der Waals surface area contributed by atoms with E-state index in [2.05, 4.69) is 10.2 Å². The van der Waals surface area contributed by atoms with Gasteiger partial charge in [0, 0.05) is 6.54 Å². The maximum atomic E-state index is 12.8. The van der Waals surface area contributed by atoms with Crippen LogP contribution in [0.25, 0.3) is 0 Å². The zero-order chi connectivity index (χ0) is 10.8. The van der Waals surface area contributed by atoms with Crippen LogP contribution in [-0.4, -0.2) is 21.2 Å². The van der Waals surface area contributed by atoms with Crippen molar-refractivity contribution in [1.29, 1.82) is 0 Å². The van der Waals surface area contributed by atoms with Crippen LogP contribution in [0.1, 0.15) is 19.2 Å². The molecule has 0 aliphatic heterocycles. The average Bonchev–Trinajstić information content (AvgIpc) is 2.53. The molecule has 14 heavy (non-hydrogen) atoms. The number of halogens is 4. The van der Waals surface area contributed by atoms with Crippen LogP contribution in [-0.2, 0) is 12.5 Å². The molecule has 0 spiro atoms. The summed E-state index contributed by atoms with van der Waals surface area (Å²) in [6, 6.07) is 0.